The second-order valence-electron chi connectivity index (χ2n) is 4.01. The van der Waals surface area contributed by atoms with Gasteiger partial charge in [-0.1, -0.05) is 29.3 Å². The lowest BCUT2D eigenvalue weighted by Crippen LogP contribution is -2.22. The molecule has 2 N–H and O–H groups in total. The summed E-state index contributed by atoms with van der Waals surface area (Å²) in [5, 5.41) is 5.94. The number of benzene rings is 2. The summed E-state index contributed by atoms with van der Waals surface area (Å²) in [4.78, 5) is 11.7. The van der Waals surface area contributed by atoms with Gasteiger partial charge in [0.25, 0.3) is 0 Å². The third-order valence-electron chi connectivity index (χ3n) is 2.52. The molecule has 2 rings (SSSR count). The molecule has 0 aliphatic heterocycles. The Kier molecular flexibility index (Phi) is 4.82. The number of anilines is 2. The Balaban J connectivity index is 1.92. The van der Waals surface area contributed by atoms with Crippen molar-refractivity contribution in [1.29, 1.82) is 0 Å². The highest BCUT2D eigenvalue weighted by Gasteiger charge is 2.08. The Morgan fingerprint density at radius 1 is 1.10 bits per heavy atom. The van der Waals surface area contributed by atoms with E-state index in [1.807, 2.05) is 0 Å². The van der Waals surface area contributed by atoms with Crippen molar-refractivity contribution < 1.29 is 9.18 Å². The molecule has 1 amide bonds. The number of nitrogens with one attached hydrogen (secondary N) is 2. The minimum atomic E-state index is -0.576. The van der Waals surface area contributed by atoms with E-state index in [0.29, 0.717) is 10.7 Å². The van der Waals surface area contributed by atoms with Crippen LogP contribution >= 0.6 is 23.2 Å². The number of halogens is 3. The lowest BCUT2D eigenvalue weighted by Gasteiger charge is -2.09. The molecule has 0 unspecified atom stereocenters. The minimum Gasteiger partial charge on any atom is -0.374 e. The highest BCUT2D eigenvalue weighted by atomic mass is 35.5. The van der Waals surface area contributed by atoms with E-state index in [9.17, 15) is 9.18 Å². The fourth-order valence-electron chi connectivity index (χ4n) is 1.55. The van der Waals surface area contributed by atoms with Gasteiger partial charge in [-0.3, -0.25) is 4.79 Å². The normalized spacial score (nSPS) is 10.2. The quantitative estimate of drug-likeness (QED) is 0.889. The second kappa shape index (κ2) is 6.59. The molecule has 3 nitrogen and oxygen atoms in total. The summed E-state index contributed by atoms with van der Waals surface area (Å²) >= 11 is 11.4. The average molecular weight is 313 g/mol. The van der Waals surface area contributed by atoms with Gasteiger partial charge in [-0.2, -0.15) is 0 Å². The predicted octanol–water partition coefficient (Wildman–Crippen LogP) is 4.18. The van der Waals surface area contributed by atoms with Crippen molar-refractivity contribution in [1.82, 2.24) is 0 Å². The molecule has 0 bridgehead atoms. The standard InChI is InChI=1S/C14H11Cl2FN2O/c15-9-4-6-10(7-5-9)19-13(20)8-18-12-3-1-2-11(16)14(12)17/h1-7,18H,8H2,(H,19,20). The number of hydrogen-bond acceptors (Lipinski definition) is 2. The molecule has 0 atom stereocenters. The maximum Gasteiger partial charge on any atom is 0.243 e. The van der Waals surface area contributed by atoms with Crippen molar-refractivity contribution in [3.63, 3.8) is 0 Å². The zero-order valence-corrected chi connectivity index (χ0v) is 11.8. The van der Waals surface area contributed by atoms with Gasteiger partial charge in [0.05, 0.1) is 17.3 Å². The summed E-state index contributed by atoms with van der Waals surface area (Å²) in [6.45, 7) is -0.0696. The Hall–Kier alpha value is -1.78. The fourth-order valence-corrected chi connectivity index (χ4v) is 1.85. The monoisotopic (exact) mass is 312 g/mol. The van der Waals surface area contributed by atoms with Gasteiger partial charge >= 0.3 is 0 Å². The van der Waals surface area contributed by atoms with Crippen LogP contribution in [0.25, 0.3) is 0 Å². The number of carbonyl (C=O) groups excluding carboxylic acids is 1. The van der Waals surface area contributed by atoms with Gasteiger partial charge in [-0.15, -0.1) is 0 Å². The Bertz CT molecular complexity index is 617. The van der Waals surface area contributed by atoms with Crippen molar-refractivity contribution in [2.45, 2.75) is 0 Å². The third kappa shape index (κ3) is 3.85. The molecule has 6 heteroatoms. The fraction of sp³-hybridized carbons (Fsp3) is 0.0714. The van der Waals surface area contributed by atoms with Crippen molar-refractivity contribution in [2.75, 3.05) is 17.2 Å². The largest absolute Gasteiger partial charge is 0.374 e. The molecule has 0 radical (unpaired) electrons. The van der Waals surface area contributed by atoms with Crippen LogP contribution in [0.1, 0.15) is 0 Å². The molecule has 0 aliphatic rings. The summed E-state index contributed by atoms with van der Waals surface area (Å²) in [5.74, 6) is -0.875. The Morgan fingerprint density at radius 3 is 2.50 bits per heavy atom. The van der Waals surface area contributed by atoms with Gasteiger partial charge in [0.2, 0.25) is 5.91 Å². The molecule has 104 valence electrons. The molecule has 0 saturated heterocycles. The first-order valence-electron chi connectivity index (χ1n) is 5.79. The number of rotatable bonds is 4. The van der Waals surface area contributed by atoms with Crippen LogP contribution in [0.2, 0.25) is 10.0 Å². The lowest BCUT2D eigenvalue weighted by molar-refractivity contribution is -0.114. The van der Waals surface area contributed by atoms with E-state index in [2.05, 4.69) is 10.6 Å². The van der Waals surface area contributed by atoms with Crippen molar-refractivity contribution in [2.24, 2.45) is 0 Å². The molecule has 0 aliphatic carbocycles. The van der Waals surface area contributed by atoms with E-state index in [1.165, 1.54) is 12.1 Å². The molecular formula is C14H11Cl2FN2O. The minimum absolute atomic E-state index is 0.00751. The highest BCUT2D eigenvalue weighted by molar-refractivity contribution is 6.31. The maximum atomic E-state index is 13.6. The summed E-state index contributed by atoms with van der Waals surface area (Å²) in [7, 11) is 0. The number of amides is 1. The summed E-state index contributed by atoms with van der Waals surface area (Å²) in [6.07, 6.45) is 0. The van der Waals surface area contributed by atoms with E-state index in [1.54, 1.807) is 30.3 Å². The first kappa shape index (κ1) is 14.6. The van der Waals surface area contributed by atoms with E-state index in [0.717, 1.165) is 0 Å². The van der Waals surface area contributed by atoms with Crippen molar-refractivity contribution in [3.05, 3.63) is 58.3 Å². The topological polar surface area (TPSA) is 41.1 Å². The molecule has 2 aromatic rings. The number of carbonyl (C=O) groups is 1. The third-order valence-corrected chi connectivity index (χ3v) is 3.06. The van der Waals surface area contributed by atoms with Gasteiger partial charge in [0, 0.05) is 10.7 Å². The molecule has 0 fully saturated rings. The lowest BCUT2D eigenvalue weighted by atomic mass is 10.3. The summed E-state index contributed by atoms with van der Waals surface area (Å²) in [6, 6.07) is 11.3. The van der Waals surface area contributed by atoms with E-state index >= 15 is 0 Å². The van der Waals surface area contributed by atoms with Crippen LogP contribution in [-0.4, -0.2) is 12.5 Å². The van der Waals surface area contributed by atoms with E-state index < -0.39 is 5.82 Å². The molecule has 0 aromatic heterocycles. The summed E-state index contributed by atoms with van der Waals surface area (Å²) < 4.78 is 13.6. The van der Waals surface area contributed by atoms with Crippen LogP contribution in [0.3, 0.4) is 0 Å². The smallest absolute Gasteiger partial charge is 0.243 e. The van der Waals surface area contributed by atoms with Crippen LogP contribution in [0, 0.1) is 5.82 Å². The average Bonchev–Trinajstić information content (AvgIpc) is 2.43. The van der Waals surface area contributed by atoms with E-state index in [-0.39, 0.29) is 23.2 Å². The van der Waals surface area contributed by atoms with Crippen LogP contribution < -0.4 is 10.6 Å². The van der Waals surface area contributed by atoms with Crippen LogP contribution in [0.15, 0.2) is 42.5 Å². The second-order valence-corrected chi connectivity index (χ2v) is 4.85. The Morgan fingerprint density at radius 2 is 1.80 bits per heavy atom. The number of hydrogen-bond donors (Lipinski definition) is 2. The zero-order valence-electron chi connectivity index (χ0n) is 10.3. The van der Waals surface area contributed by atoms with Gasteiger partial charge < -0.3 is 10.6 Å². The zero-order chi connectivity index (χ0) is 14.5. The molecular weight excluding hydrogens is 302 g/mol. The molecule has 2 aromatic carbocycles. The molecule has 20 heavy (non-hydrogen) atoms. The predicted molar refractivity (Wildman–Crippen MR) is 80.0 cm³/mol. The van der Waals surface area contributed by atoms with Crippen LogP contribution in [0.4, 0.5) is 15.8 Å². The van der Waals surface area contributed by atoms with Crippen LogP contribution in [-0.2, 0) is 4.79 Å². The van der Waals surface area contributed by atoms with Crippen molar-refractivity contribution in [3.8, 4) is 0 Å². The van der Waals surface area contributed by atoms with Gasteiger partial charge in [-0.25, -0.2) is 4.39 Å². The maximum absolute atomic E-state index is 13.6. The van der Waals surface area contributed by atoms with E-state index in [4.69, 9.17) is 23.2 Å². The highest BCUT2D eigenvalue weighted by Crippen LogP contribution is 2.21. The van der Waals surface area contributed by atoms with Gasteiger partial charge in [-0.05, 0) is 36.4 Å². The van der Waals surface area contributed by atoms with Crippen molar-refractivity contribution >= 4 is 40.5 Å². The van der Waals surface area contributed by atoms with Gasteiger partial charge in [0.15, 0.2) is 5.82 Å². The van der Waals surface area contributed by atoms with Crippen LogP contribution in [0.5, 0.6) is 0 Å². The molecule has 0 spiro atoms. The SMILES string of the molecule is O=C(CNc1cccc(Cl)c1F)Nc1ccc(Cl)cc1. The first-order chi connectivity index (χ1) is 9.56. The summed E-state index contributed by atoms with van der Waals surface area (Å²) in [5.41, 5.74) is 0.802. The first-order valence-corrected chi connectivity index (χ1v) is 6.55. The van der Waals surface area contributed by atoms with Gasteiger partial charge in [0.1, 0.15) is 0 Å². The molecule has 0 heterocycles. The Labute approximate surface area is 125 Å². The molecule has 0 saturated carbocycles.